The van der Waals surface area contributed by atoms with E-state index in [1.54, 1.807) is 12.3 Å². The maximum atomic E-state index is 12.2. The van der Waals surface area contributed by atoms with E-state index in [1.807, 2.05) is 44.4 Å². The number of nitrogens with zero attached hydrogens (tertiary/aromatic N) is 2. The van der Waals surface area contributed by atoms with Gasteiger partial charge < -0.3 is 0 Å². The fourth-order valence-corrected chi connectivity index (χ4v) is 3.91. The standard InChI is InChI=1S/C17H21N3O3S2/c1-12-5-6-13(2)15(9-12)20(25(4,22)23)11-17(21)19-18-10-16-14(3)7-8-24-16/h5-10H,11H2,1-4H3,(H,19,21)/b18-10-. The van der Waals surface area contributed by atoms with Crippen molar-refractivity contribution in [3.63, 3.8) is 0 Å². The van der Waals surface area contributed by atoms with Crippen LogP contribution in [-0.2, 0) is 14.8 Å². The van der Waals surface area contributed by atoms with E-state index in [-0.39, 0.29) is 6.54 Å². The molecule has 0 bridgehead atoms. The lowest BCUT2D eigenvalue weighted by Crippen LogP contribution is -2.39. The van der Waals surface area contributed by atoms with Gasteiger partial charge in [-0.2, -0.15) is 5.10 Å². The first-order chi connectivity index (χ1) is 11.7. The topological polar surface area (TPSA) is 78.8 Å². The molecule has 6 nitrogen and oxygen atoms in total. The Morgan fingerprint density at radius 2 is 1.96 bits per heavy atom. The molecule has 1 aromatic carbocycles. The van der Waals surface area contributed by atoms with Crippen molar-refractivity contribution in [3.8, 4) is 0 Å². The van der Waals surface area contributed by atoms with Gasteiger partial charge in [0.25, 0.3) is 5.91 Å². The molecule has 8 heteroatoms. The van der Waals surface area contributed by atoms with E-state index in [9.17, 15) is 13.2 Å². The van der Waals surface area contributed by atoms with Crippen molar-refractivity contribution in [3.05, 3.63) is 51.2 Å². The highest BCUT2D eigenvalue weighted by Crippen LogP contribution is 2.23. The smallest absolute Gasteiger partial charge is 0.260 e. The molecule has 25 heavy (non-hydrogen) atoms. The summed E-state index contributed by atoms with van der Waals surface area (Å²) in [6.07, 6.45) is 2.64. The second-order valence-electron chi connectivity index (χ2n) is 5.82. The van der Waals surface area contributed by atoms with Crippen LogP contribution in [0.25, 0.3) is 0 Å². The number of aryl methyl sites for hydroxylation is 3. The molecule has 0 spiro atoms. The van der Waals surface area contributed by atoms with Crippen LogP contribution in [0.2, 0.25) is 0 Å². The Kier molecular flexibility index (Phi) is 5.97. The van der Waals surface area contributed by atoms with Crippen LogP contribution < -0.4 is 9.73 Å². The molecule has 134 valence electrons. The van der Waals surface area contributed by atoms with Crippen LogP contribution in [0.5, 0.6) is 0 Å². The summed E-state index contributed by atoms with van der Waals surface area (Å²) < 4.78 is 25.4. The van der Waals surface area contributed by atoms with Crippen molar-refractivity contribution in [1.29, 1.82) is 0 Å². The first kappa shape index (κ1) is 19.1. The second kappa shape index (κ2) is 7.79. The molecule has 1 amide bonds. The minimum absolute atomic E-state index is 0.329. The van der Waals surface area contributed by atoms with Crippen molar-refractivity contribution in [2.45, 2.75) is 20.8 Å². The third-order valence-electron chi connectivity index (χ3n) is 3.59. The number of benzene rings is 1. The van der Waals surface area contributed by atoms with Gasteiger partial charge in [-0.05, 0) is 55.0 Å². The van der Waals surface area contributed by atoms with Crippen LogP contribution in [0, 0.1) is 20.8 Å². The van der Waals surface area contributed by atoms with Crippen LogP contribution in [0.15, 0.2) is 34.7 Å². The molecule has 0 radical (unpaired) electrons. The van der Waals surface area contributed by atoms with Crippen LogP contribution in [-0.4, -0.2) is 33.3 Å². The van der Waals surface area contributed by atoms with Gasteiger partial charge in [0.1, 0.15) is 6.54 Å². The summed E-state index contributed by atoms with van der Waals surface area (Å²) in [7, 11) is -3.60. The molecule has 1 N–H and O–H groups in total. The van der Waals surface area contributed by atoms with E-state index in [0.29, 0.717) is 5.69 Å². The van der Waals surface area contributed by atoms with Gasteiger partial charge in [-0.25, -0.2) is 13.8 Å². The van der Waals surface area contributed by atoms with Gasteiger partial charge in [0.2, 0.25) is 10.0 Å². The average molecular weight is 380 g/mol. The number of rotatable bonds is 6. The monoisotopic (exact) mass is 379 g/mol. The molecule has 0 saturated carbocycles. The van der Waals surface area contributed by atoms with Gasteiger partial charge in [-0.3, -0.25) is 9.10 Å². The van der Waals surface area contributed by atoms with Crippen molar-refractivity contribution in [2.75, 3.05) is 17.1 Å². The summed E-state index contributed by atoms with van der Waals surface area (Å²) in [5.41, 5.74) is 5.64. The first-order valence-corrected chi connectivity index (χ1v) is 10.3. The molecule has 0 saturated heterocycles. The molecule has 2 aromatic rings. The van der Waals surface area contributed by atoms with Crippen molar-refractivity contribution in [1.82, 2.24) is 5.43 Å². The second-order valence-corrected chi connectivity index (χ2v) is 8.68. The Morgan fingerprint density at radius 3 is 2.56 bits per heavy atom. The largest absolute Gasteiger partial charge is 0.271 e. The highest BCUT2D eigenvalue weighted by molar-refractivity contribution is 7.92. The number of hydrazone groups is 1. The quantitative estimate of drug-likeness (QED) is 0.619. The molecular weight excluding hydrogens is 358 g/mol. The lowest BCUT2D eigenvalue weighted by molar-refractivity contribution is -0.119. The van der Waals surface area contributed by atoms with Gasteiger partial charge in [-0.1, -0.05) is 12.1 Å². The lowest BCUT2D eigenvalue weighted by atomic mass is 10.1. The van der Waals surface area contributed by atoms with Crippen molar-refractivity contribution >= 4 is 39.2 Å². The van der Waals surface area contributed by atoms with Crippen molar-refractivity contribution < 1.29 is 13.2 Å². The van der Waals surface area contributed by atoms with E-state index in [0.717, 1.165) is 32.1 Å². The molecule has 0 aliphatic heterocycles. The summed E-state index contributed by atoms with van der Waals surface area (Å²) in [5, 5.41) is 5.84. The molecule has 2 rings (SSSR count). The predicted molar refractivity (Wildman–Crippen MR) is 103 cm³/mol. The summed E-state index contributed by atoms with van der Waals surface area (Å²) in [4.78, 5) is 13.1. The Labute approximate surface area is 152 Å². The molecule has 0 fully saturated rings. The number of sulfonamides is 1. The first-order valence-electron chi connectivity index (χ1n) is 7.59. The zero-order chi connectivity index (χ0) is 18.6. The number of carbonyl (C=O) groups excluding carboxylic acids is 1. The zero-order valence-electron chi connectivity index (χ0n) is 14.6. The minimum atomic E-state index is -3.60. The molecule has 0 aliphatic carbocycles. The van der Waals surface area contributed by atoms with E-state index >= 15 is 0 Å². The van der Waals surface area contributed by atoms with Gasteiger partial charge in [-0.15, -0.1) is 11.3 Å². The van der Waals surface area contributed by atoms with E-state index in [2.05, 4.69) is 10.5 Å². The zero-order valence-corrected chi connectivity index (χ0v) is 16.2. The molecule has 1 heterocycles. The normalized spacial score (nSPS) is 11.7. The Hall–Kier alpha value is -2.19. The van der Waals surface area contributed by atoms with Crippen LogP contribution in [0.1, 0.15) is 21.6 Å². The third kappa shape index (κ3) is 5.14. The Morgan fingerprint density at radius 1 is 1.24 bits per heavy atom. The number of amides is 1. The summed E-state index contributed by atoms with van der Waals surface area (Å²) >= 11 is 1.51. The number of nitrogens with one attached hydrogen (secondary N) is 1. The maximum absolute atomic E-state index is 12.2. The molecule has 0 aliphatic rings. The van der Waals surface area contributed by atoms with E-state index in [4.69, 9.17) is 0 Å². The summed E-state index contributed by atoms with van der Waals surface area (Å²) in [6.45, 7) is 5.30. The van der Waals surface area contributed by atoms with Gasteiger partial charge in [0, 0.05) is 4.88 Å². The average Bonchev–Trinajstić information content (AvgIpc) is 2.92. The fraction of sp³-hybridized carbons (Fsp3) is 0.294. The minimum Gasteiger partial charge on any atom is -0.271 e. The number of thiophene rings is 1. The van der Waals surface area contributed by atoms with E-state index < -0.39 is 15.9 Å². The molecule has 0 atom stereocenters. The maximum Gasteiger partial charge on any atom is 0.260 e. The van der Waals surface area contributed by atoms with E-state index in [1.165, 1.54) is 11.3 Å². The third-order valence-corrected chi connectivity index (χ3v) is 5.67. The van der Waals surface area contributed by atoms with Gasteiger partial charge >= 0.3 is 0 Å². The van der Waals surface area contributed by atoms with Crippen LogP contribution in [0.4, 0.5) is 5.69 Å². The predicted octanol–water partition coefficient (Wildman–Crippen LogP) is 2.59. The van der Waals surface area contributed by atoms with Crippen LogP contribution >= 0.6 is 11.3 Å². The van der Waals surface area contributed by atoms with Gasteiger partial charge in [0.15, 0.2) is 0 Å². The summed E-state index contributed by atoms with van der Waals surface area (Å²) in [5.74, 6) is -0.503. The van der Waals surface area contributed by atoms with Gasteiger partial charge in [0.05, 0.1) is 18.2 Å². The Balaban J connectivity index is 2.15. The van der Waals surface area contributed by atoms with Crippen molar-refractivity contribution in [2.24, 2.45) is 5.10 Å². The number of carbonyl (C=O) groups is 1. The number of hydrogen-bond donors (Lipinski definition) is 1. The number of hydrogen-bond acceptors (Lipinski definition) is 5. The highest BCUT2D eigenvalue weighted by Gasteiger charge is 2.22. The molecular formula is C17H21N3O3S2. The van der Waals surface area contributed by atoms with Crippen LogP contribution in [0.3, 0.4) is 0 Å². The molecule has 1 aromatic heterocycles. The Bertz CT molecular complexity index is 902. The fourth-order valence-electron chi connectivity index (χ4n) is 2.21. The lowest BCUT2D eigenvalue weighted by Gasteiger charge is -2.23. The number of anilines is 1. The highest BCUT2D eigenvalue weighted by atomic mass is 32.2. The SMILES string of the molecule is Cc1ccc(C)c(N(CC(=O)N/N=C\c2sccc2C)S(C)(=O)=O)c1. The molecule has 0 unspecified atom stereocenters. The summed E-state index contributed by atoms with van der Waals surface area (Å²) in [6, 6.07) is 7.44.